The largest absolute Gasteiger partial charge is 0.394 e. The van der Waals surface area contributed by atoms with E-state index in [9.17, 15) is 0 Å². The first-order chi connectivity index (χ1) is 22.4. The normalized spacial score (nSPS) is 11.6. The molecule has 0 radical (unpaired) electrons. The smallest absolute Gasteiger partial charge is 0.0701 e. The second-order valence-electron chi connectivity index (χ2n) is 11.2. The van der Waals surface area contributed by atoms with Crippen molar-refractivity contribution in [3.63, 3.8) is 0 Å². The number of ether oxygens (including phenoxy) is 9. The number of aliphatic hydroxyl groups excluding tert-OH is 1. The van der Waals surface area contributed by atoms with Gasteiger partial charge in [0, 0.05) is 6.61 Å². The lowest BCUT2D eigenvalue weighted by atomic mass is 10.0. The van der Waals surface area contributed by atoms with Gasteiger partial charge in [-0.1, -0.05) is 96.8 Å². The average Bonchev–Trinajstić information content (AvgIpc) is 3.05. The van der Waals surface area contributed by atoms with E-state index in [0.717, 1.165) is 13.0 Å². The van der Waals surface area contributed by atoms with Gasteiger partial charge >= 0.3 is 0 Å². The van der Waals surface area contributed by atoms with Crippen LogP contribution in [0.15, 0.2) is 0 Å². The van der Waals surface area contributed by atoms with Crippen LogP contribution in [0.3, 0.4) is 0 Å². The van der Waals surface area contributed by atoms with Gasteiger partial charge in [0.2, 0.25) is 0 Å². The van der Waals surface area contributed by atoms with E-state index in [1.54, 1.807) is 0 Å². The fourth-order valence-electron chi connectivity index (χ4n) is 4.50. The summed E-state index contributed by atoms with van der Waals surface area (Å²) in [5.41, 5.74) is 0. The quantitative estimate of drug-likeness (QED) is 0.0790. The van der Waals surface area contributed by atoms with Crippen LogP contribution >= 0.6 is 0 Å². The fourth-order valence-corrected chi connectivity index (χ4v) is 4.50. The highest BCUT2D eigenvalue weighted by atomic mass is 16.6. The Bertz CT molecular complexity index is 459. The minimum atomic E-state index is 0.0326. The molecule has 0 rings (SSSR count). The predicted molar refractivity (Wildman–Crippen MR) is 179 cm³/mol. The topological polar surface area (TPSA) is 103 Å². The Morgan fingerprint density at radius 3 is 0.689 bits per heavy atom. The summed E-state index contributed by atoms with van der Waals surface area (Å²) in [5, 5.41) is 8.58. The predicted octanol–water partition coefficient (Wildman–Crippen LogP) is 6.00. The van der Waals surface area contributed by atoms with Crippen molar-refractivity contribution in [1.82, 2.24) is 0 Å². The number of hydrogen-bond acceptors (Lipinski definition) is 10. The van der Waals surface area contributed by atoms with Crippen molar-refractivity contribution in [2.45, 2.75) is 103 Å². The van der Waals surface area contributed by atoms with Gasteiger partial charge in [-0.3, -0.25) is 0 Å². The van der Waals surface area contributed by atoms with Crippen molar-refractivity contribution in [2.75, 3.05) is 126 Å². The second-order valence-corrected chi connectivity index (χ2v) is 11.2. The van der Waals surface area contributed by atoms with E-state index in [1.165, 1.54) is 89.9 Å². The SMILES string of the molecule is CCCCCCCCCCCCCCCCCOCCOCCOCCOCCOCCOCCOCCOCCOCCO. The van der Waals surface area contributed by atoms with E-state index in [4.69, 9.17) is 47.7 Å². The highest BCUT2D eigenvalue weighted by molar-refractivity contribution is 4.50. The average molecular weight is 653 g/mol. The zero-order valence-corrected chi connectivity index (χ0v) is 29.2. The zero-order valence-electron chi connectivity index (χ0n) is 29.2. The van der Waals surface area contributed by atoms with E-state index in [1.807, 2.05) is 0 Å². The Morgan fingerprint density at radius 2 is 0.444 bits per heavy atom. The Labute approximate surface area is 276 Å². The maximum absolute atomic E-state index is 8.58. The van der Waals surface area contributed by atoms with Crippen LogP contribution in [-0.4, -0.2) is 131 Å². The van der Waals surface area contributed by atoms with Gasteiger partial charge in [-0.15, -0.1) is 0 Å². The van der Waals surface area contributed by atoms with Crippen molar-refractivity contribution < 1.29 is 47.7 Å². The summed E-state index contributed by atoms with van der Waals surface area (Å²) in [6, 6.07) is 0. The fraction of sp³-hybridized carbons (Fsp3) is 1.00. The van der Waals surface area contributed by atoms with Crippen LogP contribution in [-0.2, 0) is 42.6 Å². The van der Waals surface area contributed by atoms with Gasteiger partial charge in [0.1, 0.15) is 0 Å². The molecule has 0 spiro atoms. The summed E-state index contributed by atoms with van der Waals surface area (Å²) in [4.78, 5) is 0. The van der Waals surface area contributed by atoms with E-state index in [0.29, 0.717) is 112 Å². The summed E-state index contributed by atoms with van der Waals surface area (Å²) in [6.45, 7) is 12.2. The van der Waals surface area contributed by atoms with Crippen LogP contribution in [0.25, 0.3) is 0 Å². The minimum absolute atomic E-state index is 0.0326. The monoisotopic (exact) mass is 653 g/mol. The molecule has 10 nitrogen and oxygen atoms in total. The molecule has 0 aliphatic carbocycles. The molecule has 272 valence electrons. The van der Waals surface area contributed by atoms with Gasteiger partial charge in [-0.25, -0.2) is 0 Å². The molecular formula is C35H72O10. The number of unbranched alkanes of at least 4 members (excludes halogenated alkanes) is 14. The molecule has 45 heavy (non-hydrogen) atoms. The molecule has 0 aromatic rings. The van der Waals surface area contributed by atoms with Gasteiger partial charge < -0.3 is 47.7 Å². The molecule has 10 heteroatoms. The minimum Gasteiger partial charge on any atom is -0.394 e. The summed E-state index contributed by atoms with van der Waals surface area (Å²) in [6.07, 6.45) is 20.7. The molecule has 0 amide bonds. The first-order valence-corrected chi connectivity index (χ1v) is 18.2. The maximum atomic E-state index is 8.58. The first kappa shape index (κ1) is 44.6. The summed E-state index contributed by atoms with van der Waals surface area (Å²) < 4.78 is 49.0. The molecule has 1 N–H and O–H groups in total. The molecule has 0 atom stereocenters. The molecule has 0 aliphatic rings. The molecule has 0 fully saturated rings. The molecule has 0 bridgehead atoms. The summed E-state index contributed by atoms with van der Waals surface area (Å²) in [7, 11) is 0. The molecule has 0 aromatic heterocycles. The number of hydrogen-bond donors (Lipinski definition) is 1. The molecule has 0 aliphatic heterocycles. The third-order valence-corrected chi connectivity index (χ3v) is 7.10. The van der Waals surface area contributed by atoms with Gasteiger partial charge in [0.15, 0.2) is 0 Å². The van der Waals surface area contributed by atoms with Gasteiger partial charge in [-0.05, 0) is 6.42 Å². The molecule has 0 unspecified atom stereocenters. The van der Waals surface area contributed by atoms with E-state index in [2.05, 4.69) is 6.92 Å². The molecule has 0 saturated heterocycles. The number of aliphatic hydroxyl groups is 1. The van der Waals surface area contributed by atoms with Gasteiger partial charge in [0.05, 0.1) is 119 Å². The van der Waals surface area contributed by atoms with Crippen molar-refractivity contribution in [3.05, 3.63) is 0 Å². The molecular weight excluding hydrogens is 580 g/mol. The lowest BCUT2D eigenvalue weighted by Crippen LogP contribution is -2.15. The first-order valence-electron chi connectivity index (χ1n) is 18.2. The lowest BCUT2D eigenvalue weighted by Gasteiger charge is -2.09. The van der Waals surface area contributed by atoms with Crippen molar-refractivity contribution in [3.8, 4) is 0 Å². The van der Waals surface area contributed by atoms with E-state index >= 15 is 0 Å². The zero-order chi connectivity index (χ0) is 32.4. The third kappa shape index (κ3) is 43.6. The Hall–Kier alpha value is -0.400. The summed E-state index contributed by atoms with van der Waals surface area (Å²) in [5.74, 6) is 0. The maximum Gasteiger partial charge on any atom is 0.0701 e. The van der Waals surface area contributed by atoms with Crippen LogP contribution in [0.1, 0.15) is 103 Å². The second kappa shape index (κ2) is 43.6. The summed E-state index contributed by atoms with van der Waals surface area (Å²) >= 11 is 0. The highest BCUT2D eigenvalue weighted by Crippen LogP contribution is 2.13. The van der Waals surface area contributed by atoms with Gasteiger partial charge in [0.25, 0.3) is 0 Å². The number of rotatable bonds is 42. The standard InChI is InChI=1S/C35H72O10/c1-2-3-4-5-6-7-8-9-10-11-12-13-14-15-16-18-37-20-22-39-24-26-41-28-30-43-32-34-45-35-33-44-31-29-42-27-25-40-23-21-38-19-17-36/h36H,2-35H2,1H3. The van der Waals surface area contributed by atoms with Crippen LogP contribution in [0, 0.1) is 0 Å². The Morgan fingerprint density at radius 1 is 0.244 bits per heavy atom. The van der Waals surface area contributed by atoms with Crippen molar-refractivity contribution in [1.29, 1.82) is 0 Å². The van der Waals surface area contributed by atoms with Crippen molar-refractivity contribution in [2.24, 2.45) is 0 Å². The highest BCUT2D eigenvalue weighted by Gasteiger charge is 1.97. The third-order valence-electron chi connectivity index (χ3n) is 7.10. The van der Waals surface area contributed by atoms with Crippen LogP contribution < -0.4 is 0 Å². The van der Waals surface area contributed by atoms with E-state index < -0.39 is 0 Å². The van der Waals surface area contributed by atoms with Crippen LogP contribution in [0.5, 0.6) is 0 Å². The van der Waals surface area contributed by atoms with Crippen LogP contribution in [0.2, 0.25) is 0 Å². The lowest BCUT2D eigenvalue weighted by molar-refractivity contribution is -0.0255. The van der Waals surface area contributed by atoms with E-state index in [-0.39, 0.29) is 6.61 Å². The molecule has 0 aromatic carbocycles. The van der Waals surface area contributed by atoms with Crippen molar-refractivity contribution >= 4 is 0 Å². The Balaban J connectivity index is 3.03. The molecule has 0 heterocycles. The Kier molecular flexibility index (Phi) is 43.2. The molecule has 0 saturated carbocycles. The van der Waals surface area contributed by atoms with Gasteiger partial charge in [-0.2, -0.15) is 0 Å². The van der Waals surface area contributed by atoms with Crippen LogP contribution in [0.4, 0.5) is 0 Å².